The van der Waals surface area contributed by atoms with Crippen LogP contribution in [0.25, 0.3) is 0 Å². The van der Waals surface area contributed by atoms with Gasteiger partial charge in [0.15, 0.2) is 0 Å². The van der Waals surface area contributed by atoms with Crippen molar-refractivity contribution in [2.45, 2.75) is 13.8 Å². The van der Waals surface area contributed by atoms with Crippen LogP contribution in [0.4, 0.5) is 5.69 Å². The van der Waals surface area contributed by atoms with Gasteiger partial charge < -0.3 is 10.4 Å². The lowest BCUT2D eigenvalue weighted by Gasteiger charge is -2.07. The number of hydrogen-bond donors (Lipinski definition) is 2. The maximum absolute atomic E-state index is 11.9. The Labute approximate surface area is 115 Å². The van der Waals surface area contributed by atoms with Crippen molar-refractivity contribution in [3.63, 3.8) is 0 Å². The van der Waals surface area contributed by atoms with E-state index in [1.54, 1.807) is 19.9 Å². The number of aryl methyl sites for hydroxylation is 2. The van der Waals surface area contributed by atoms with Crippen LogP contribution in [0, 0.1) is 13.8 Å². The molecule has 0 bridgehead atoms. The molecule has 1 heterocycles. The second-order valence-electron chi connectivity index (χ2n) is 4.33. The lowest BCUT2D eigenvalue weighted by Crippen LogP contribution is -2.14. The van der Waals surface area contributed by atoms with E-state index in [2.05, 4.69) is 15.3 Å². The van der Waals surface area contributed by atoms with Crippen LogP contribution in [0.3, 0.4) is 0 Å². The van der Waals surface area contributed by atoms with Crippen molar-refractivity contribution >= 4 is 17.6 Å². The summed E-state index contributed by atoms with van der Waals surface area (Å²) >= 11 is 0. The van der Waals surface area contributed by atoms with Crippen molar-refractivity contribution in [2.24, 2.45) is 0 Å². The average Bonchev–Trinajstić information content (AvgIpc) is 2.39. The third-order valence-corrected chi connectivity index (χ3v) is 2.73. The molecule has 2 rings (SSSR count). The minimum absolute atomic E-state index is 0.204. The van der Waals surface area contributed by atoms with E-state index in [4.69, 9.17) is 5.11 Å². The van der Waals surface area contributed by atoms with Gasteiger partial charge in [0.05, 0.1) is 17.5 Å². The van der Waals surface area contributed by atoms with Crippen LogP contribution in [-0.4, -0.2) is 27.0 Å². The lowest BCUT2D eigenvalue weighted by atomic mass is 10.1. The molecule has 0 saturated heterocycles. The first-order chi connectivity index (χ1) is 9.47. The van der Waals surface area contributed by atoms with E-state index in [-0.39, 0.29) is 17.2 Å². The molecule has 2 aromatic rings. The number of carboxylic acids is 1. The Morgan fingerprint density at radius 2 is 1.90 bits per heavy atom. The largest absolute Gasteiger partial charge is 0.478 e. The van der Waals surface area contributed by atoms with Gasteiger partial charge >= 0.3 is 5.97 Å². The minimum Gasteiger partial charge on any atom is -0.478 e. The summed E-state index contributed by atoms with van der Waals surface area (Å²) in [4.78, 5) is 30.8. The molecule has 0 radical (unpaired) electrons. The van der Waals surface area contributed by atoms with Crippen LogP contribution in [0.5, 0.6) is 0 Å². The van der Waals surface area contributed by atoms with Gasteiger partial charge in [0.1, 0.15) is 5.69 Å². The average molecular weight is 271 g/mol. The second kappa shape index (κ2) is 5.48. The lowest BCUT2D eigenvalue weighted by molar-refractivity contribution is 0.0696. The van der Waals surface area contributed by atoms with E-state index in [0.717, 1.165) is 5.69 Å². The fraction of sp³-hybridized carbons (Fsp3) is 0.143. The van der Waals surface area contributed by atoms with Gasteiger partial charge in [-0.15, -0.1) is 0 Å². The molecular formula is C14H13N3O3. The molecule has 20 heavy (non-hydrogen) atoms. The first-order valence-electron chi connectivity index (χ1n) is 5.91. The highest BCUT2D eigenvalue weighted by Crippen LogP contribution is 2.15. The van der Waals surface area contributed by atoms with E-state index in [9.17, 15) is 9.59 Å². The number of benzene rings is 1. The van der Waals surface area contributed by atoms with Crippen LogP contribution < -0.4 is 5.32 Å². The molecule has 0 spiro atoms. The highest BCUT2D eigenvalue weighted by molar-refractivity contribution is 6.03. The molecule has 6 heteroatoms. The predicted octanol–water partition coefficient (Wildman–Crippen LogP) is 2.04. The third-order valence-electron chi connectivity index (χ3n) is 2.73. The molecule has 0 fully saturated rings. The van der Waals surface area contributed by atoms with Gasteiger partial charge in [-0.1, -0.05) is 0 Å². The van der Waals surface area contributed by atoms with E-state index in [1.165, 1.54) is 24.5 Å². The summed E-state index contributed by atoms with van der Waals surface area (Å²) in [7, 11) is 0. The van der Waals surface area contributed by atoms with Gasteiger partial charge in [0.2, 0.25) is 0 Å². The summed E-state index contributed by atoms with van der Waals surface area (Å²) in [6.45, 7) is 3.45. The summed E-state index contributed by atoms with van der Waals surface area (Å²) in [5, 5.41) is 11.6. The fourth-order valence-corrected chi connectivity index (χ4v) is 1.69. The molecule has 1 amide bonds. The molecular weight excluding hydrogens is 258 g/mol. The van der Waals surface area contributed by atoms with Gasteiger partial charge in [-0.25, -0.2) is 9.78 Å². The zero-order valence-electron chi connectivity index (χ0n) is 11.0. The van der Waals surface area contributed by atoms with Gasteiger partial charge in [-0.3, -0.25) is 9.78 Å². The van der Waals surface area contributed by atoms with Gasteiger partial charge in [0, 0.05) is 11.9 Å². The van der Waals surface area contributed by atoms with Crippen molar-refractivity contribution in [3.8, 4) is 0 Å². The summed E-state index contributed by atoms with van der Waals surface area (Å²) in [5.41, 5.74) is 2.22. The van der Waals surface area contributed by atoms with Gasteiger partial charge in [-0.05, 0) is 37.6 Å². The second-order valence-corrected chi connectivity index (χ2v) is 4.33. The van der Waals surface area contributed by atoms with Crippen molar-refractivity contribution < 1.29 is 14.7 Å². The number of carbonyl (C=O) groups is 2. The first kappa shape index (κ1) is 13.7. The van der Waals surface area contributed by atoms with Crippen LogP contribution in [0.1, 0.15) is 32.1 Å². The minimum atomic E-state index is -0.996. The maximum Gasteiger partial charge on any atom is 0.335 e. The highest BCUT2D eigenvalue weighted by Gasteiger charge is 2.11. The van der Waals surface area contributed by atoms with Crippen molar-refractivity contribution in [1.29, 1.82) is 0 Å². The van der Waals surface area contributed by atoms with Crippen LogP contribution in [0.2, 0.25) is 0 Å². The topological polar surface area (TPSA) is 92.2 Å². The van der Waals surface area contributed by atoms with Gasteiger partial charge in [-0.2, -0.15) is 0 Å². The van der Waals surface area contributed by atoms with Crippen molar-refractivity contribution in [1.82, 2.24) is 9.97 Å². The number of aromatic carboxylic acids is 1. The van der Waals surface area contributed by atoms with Gasteiger partial charge in [0.25, 0.3) is 5.91 Å². The number of anilines is 1. The molecule has 1 aromatic carbocycles. The Morgan fingerprint density at radius 1 is 1.15 bits per heavy atom. The fourth-order valence-electron chi connectivity index (χ4n) is 1.69. The molecule has 6 nitrogen and oxygen atoms in total. The number of rotatable bonds is 3. The summed E-state index contributed by atoms with van der Waals surface area (Å²) in [6, 6.07) is 4.59. The molecule has 0 aliphatic carbocycles. The zero-order chi connectivity index (χ0) is 14.7. The number of amides is 1. The molecule has 102 valence electrons. The molecule has 1 aromatic heterocycles. The summed E-state index contributed by atoms with van der Waals surface area (Å²) in [6.07, 6.45) is 2.90. The van der Waals surface area contributed by atoms with E-state index >= 15 is 0 Å². The maximum atomic E-state index is 11.9. The Morgan fingerprint density at radius 3 is 2.45 bits per heavy atom. The number of carbonyl (C=O) groups excluding carboxylic acids is 1. The molecule has 2 N–H and O–H groups in total. The highest BCUT2D eigenvalue weighted by atomic mass is 16.4. The normalized spacial score (nSPS) is 10.1. The summed E-state index contributed by atoms with van der Waals surface area (Å²) < 4.78 is 0. The predicted molar refractivity (Wildman–Crippen MR) is 72.9 cm³/mol. The number of hydrogen-bond acceptors (Lipinski definition) is 4. The summed E-state index contributed by atoms with van der Waals surface area (Å²) in [5.74, 6) is -1.38. The Bertz CT molecular complexity index is 666. The van der Waals surface area contributed by atoms with E-state index in [0.29, 0.717) is 11.3 Å². The molecule has 0 atom stereocenters. The molecule has 0 unspecified atom stereocenters. The number of nitrogens with one attached hydrogen (secondary N) is 1. The number of nitrogens with zero attached hydrogens (tertiary/aromatic N) is 2. The standard InChI is InChI=1S/C14H13N3O3/c1-8-5-10(3-4-11(8)14(19)20)17-13(18)12-7-15-9(2)6-16-12/h3-7H,1-2H3,(H,17,18)(H,19,20). The number of aromatic nitrogens is 2. The monoisotopic (exact) mass is 271 g/mol. The molecule has 0 saturated carbocycles. The zero-order valence-corrected chi connectivity index (χ0v) is 11.0. The molecule has 0 aliphatic rings. The van der Waals surface area contributed by atoms with Crippen LogP contribution in [0.15, 0.2) is 30.6 Å². The number of carboxylic acid groups (broad SMARTS) is 1. The smallest absolute Gasteiger partial charge is 0.335 e. The Balaban J connectivity index is 2.18. The third kappa shape index (κ3) is 2.97. The van der Waals surface area contributed by atoms with E-state index in [1.807, 2.05) is 0 Å². The SMILES string of the molecule is Cc1cnc(C(=O)Nc2ccc(C(=O)O)c(C)c2)cn1. The molecule has 0 aliphatic heterocycles. The van der Waals surface area contributed by atoms with Crippen molar-refractivity contribution in [2.75, 3.05) is 5.32 Å². The van der Waals surface area contributed by atoms with Crippen LogP contribution >= 0.6 is 0 Å². The Kier molecular flexibility index (Phi) is 3.74. The Hall–Kier alpha value is -2.76. The quantitative estimate of drug-likeness (QED) is 0.891. The van der Waals surface area contributed by atoms with E-state index < -0.39 is 5.97 Å². The first-order valence-corrected chi connectivity index (χ1v) is 5.91. The van der Waals surface area contributed by atoms with Crippen molar-refractivity contribution in [3.05, 3.63) is 53.1 Å². The van der Waals surface area contributed by atoms with Crippen LogP contribution in [-0.2, 0) is 0 Å².